The average molecular weight is 1100 g/mol. The number of ether oxygens (including phenoxy) is 1. The first-order valence-electron chi connectivity index (χ1n) is 25.2. The Morgan fingerprint density at radius 3 is 1.71 bits per heavy atom. The minimum Gasteiger partial charge on any atom is -0.481 e. The molecule has 0 aromatic heterocycles. The summed E-state index contributed by atoms with van der Waals surface area (Å²) in [5.74, 6) is -10.0. The smallest absolute Gasteiger partial charge is 0.327 e. The van der Waals surface area contributed by atoms with E-state index in [9.17, 15) is 72.9 Å². The second kappa shape index (κ2) is 35.8. The predicted molar refractivity (Wildman–Crippen MR) is 280 cm³/mol. The molecule has 0 heterocycles. The van der Waals surface area contributed by atoms with Crippen molar-refractivity contribution in [2.24, 2.45) is 5.92 Å². The minimum absolute atomic E-state index is 0.0154. The molecule has 9 N–H and O–H groups in total. The Balaban J connectivity index is 2.02. The molecule has 0 radical (unpaired) electrons. The van der Waals surface area contributed by atoms with Crippen molar-refractivity contribution >= 4 is 84.2 Å². The lowest BCUT2D eigenvalue weighted by Gasteiger charge is -2.34. The van der Waals surface area contributed by atoms with E-state index >= 15 is 0 Å². The number of Topliss-reactive ketones (excluding diaryl/α,β-unsaturated/α-hetero) is 2. The number of carbonyl (C=O) groups is 12. The molecule has 0 fully saturated rings. The van der Waals surface area contributed by atoms with Crippen LogP contribution in [0.3, 0.4) is 0 Å². The first-order chi connectivity index (χ1) is 36.6. The third-order valence-electron chi connectivity index (χ3n) is 12.6. The van der Waals surface area contributed by atoms with Gasteiger partial charge in [-0.25, -0.2) is 14.4 Å². The monoisotopic (exact) mass is 1100 g/mol. The number of urea groups is 1. The van der Waals surface area contributed by atoms with Crippen molar-refractivity contribution in [1.82, 2.24) is 36.4 Å². The predicted octanol–water partition coefficient (Wildman–Crippen LogP) is 1.97. The van der Waals surface area contributed by atoms with Crippen molar-refractivity contribution in [2.75, 3.05) is 33.4 Å². The number of carbonyl (C=O) groups excluding carboxylic acids is 8. The molecule has 0 bridgehead atoms. The molecule has 0 aliphatic rings. The van der Waals surface area contributed by atoms with E-state index in [0.29, 0.717) is 25.7 Å². The second-order valence-corrected chi connectivity index (χ2v) is 18.7. The number of ketones is 2. The standard InChI is InChI=1S/C52H73N7O17S/c1-53-39(48(69)58(2)40(29-46(66)67)49(70)59(3)41(31-77)51(73)74)30-54-47(68)35(26-33-16-10-8-11-17-33)28-42(62)38(27-34-18-12-9-13-19-34)55-43(63)21-15-7-5-4-6-14-20-36(61)22-23-37(50(71)72)56-52(75)57-44(76-32-60)24-25-45(64)65/h8-13,16-19,32,35,37-41,44,53,77H,4-7,14-15,20-31H2,1-3H3,(H,54,68)(H,55,63)(H,64,65)(H,66,67)(H,71,72)(H,73,74)(H2,56,57,75)/t35-,37+,38+,39+,40?,41+,44-/m1/s1. The number of amides is 6. The fraction of sp³-hybridized carbons (Fsp3) is 0.538. The van der Waals surface area contributed by atoms with Gasteiger partial charge in [0, 0.05) is 64.4 Å². The highest BCUT2D eigenvalue weighted by Crippen LogP contribution is 2.18. The molecule has 2 aromatic carbocycles. The lowest BCUT2D eigenvalue weighted by atomic mass is 9.89. The van der Waals surface area contributed by atoms with Crippen molar-refractivity contribution < 1.29 is 82.7 Å². The van der Waals surface area contributed by atoms with Crippen molar-refractivity contribution in [2.45, 2.75) is 139 Å². The van der Waals surface area contributed by atoms with Crippen LogP contribution in [-0.4, -0.2) is 172 Å². The number of rotatable bonds is 40. The Morgan fingerprint density at radius 1 is 0.610 bits per heavy atom. The molecule has 0 spiro atoms. The molecule has 1 unspecified atom stereocenters. The molecule has 0 aliphatic heterocycles. The van der Waals surface area contributed by atoms with Gasteiger partial charge in [0.2, 0.25) is 23.6 Å². The van der Waals surface area contributed by atoms with Crippen LogP contribution in [0.1, 0.15) is 101 Å². The van der Waals surface area contributed by atoms with Gasteiger partial charge in [-0.15, -0.1) is 0 Å². The summed E-state index contributed by atoms with van der Waals surface area (Å²) in [6, 6.07) is 10.2. The molecular weight excluding hydrogens is 1030 g/mol. The first kappa shape index (κ1) is 65.7. The summed E-state index contributed by atoms with van der Waals surface area (Å²) in [6.45, 7) is -0.333. The highest BCUT2D eigenvalue weighted by molar-refractivity contribution is 7.80. The first-order valence-corrected chi connectivity index (χ1v) is 25.8. The van der Waals surface area contributed by atoms with E-state index in [0.717, 1.165) is 40.8 Å². The molecule has 0 saturated heterocycles. The Hall–Kier alpha value is -7.41. The Morgan fingerprint density at radius 2 is 1.18 bits per heavy atom. The molecule has 7 atom stereocenters. The summed E-state index contributed by atoms with van der Waals surface area (Å²) < 4.78 is 4.63. The van der Waals surface area contributed by atoms with E-state index in [-0.39, 0.29) is 81.8 Å². The summed E-state index contributed by atoms with van der Waals surface area (Å²) >= 11 is 3.99. The van der Waals surface area contributed by atoms with Crippen LogP contribution >= 0.6 is 12.6 Å². The van der Waals surface area contributed by atoms with Crippen molar-refractivity contribution in [3.63, 3.8) is 0 Å². The number of carboxylic acids is 4. The lowest BCUT2D eigenvalue weighted by Crippen LogP contribution is -2.58. The quantitative estimate of drug-likeness (QED) is 0.0197. The third kappa shape index (κ3) is 25.3. The lowest BCUT2D eigenvalue weighted by molar-refractivity contribution is -0.154. The van der Waals surface area contributed by atoms with E-state index in [4.69, 9.17) is 5.11 Å². The number of thiol groups is 1. The normalized spacial score (nSPS) is 13.6. The second-order valence-electron chi connectivity index (χ2n) is 18.4. The largest absolute Gasteiger partial charge is 0.481 e. The molecule has 25 heteroatoms. The molecule has 0 aliphatic carbocycles. The van der Waals surface area contributed by atoms with Gasteiger partial charge in [0.25, 0.3) is 6.47 Å². The van der Waals surface area contributed by atoms with E-state index < -0.39 is 109 Å². The van der Waals surface area contributed by atoms with Gasteiger partial charge in [-0.3, -0.25) is 43.2 Å². The van der Waals surface area contributed by atoms with Gasteiger partial charge in [0.05, 0.1) is 18.9 Å². The molecule has 2 rings (SSSR count). The van der Waals surface area contributed by atoms with Crippen molar-refractivity contribution in [3.8, 4) is 0 Å². The number of hydrogen-bond acceptors (Lipinski definition) is 15. The van der Waals surface area contributed by atoms with E-state index in [1.165, 1.54) is 14.1 Å². The summed E-state index contributed by atoms with van der Waals surface area (Å²) in [5.41, 5.74) is 1.49. The zero-order valence-electron chi connectivity index (χ0n) is 43.6. The molecule has 6 amide bonds. The minimum atomic E-state index is -1.61. The molecule has 2 aromatic rings. The van der Waals surface area contributed by atoms with Gasteiger partial charge in [-0.05, 0) is 50.3 Å². The van der Waals surface area contributed by atoms with Crippen LogP contribution in [-0.2, 0) is 70.3 Å². The number of likely N-dealkylation sites (N-methyl/N-ethyl adjacent to an activating group) is 3. The highest BCUT2D eigenvalue weighted by Gasteiger charge is 2.38. The maximum Gasteiger partial charge on any atom is 0.327 e. The van der Waals surface area contributed by atoms with Gasteiger partial charge < -0.3 is 61.5 Å². The van der Waals surface area contributed by atoms with Gasteiger partial charge in [0.15, 0.2) is 12.0 Å². The Bertz CT molecular complexity index is 2290. The van der Waals surface area contributed by atoms with Crippen LogP contribution < -0.4 is 26.6 Å². The zero-order chi connectivity index (χ0) is 57.5. The Labute approximate surface area is 452 Å². The molecule has 77 heavy (non-hydrogen) atoms. The number of nitrogens with zero attached hydrogens (tertiary/aromatic N) is 2. The third-order valence-corrected chi connectivity index (χ3v) is 12.9. The van der Waals surface area contributed by atoms with Crippen LogP contribution in [0.5, 0.6) is 0 Å². The van der Waals surface area contributed by atoms with E-state index in [1.54, 1.807) is 48.5 Å². The van der Waals surface area contributed by atoms with Crippen LogP contribution in [0, 0.1) is 5.92 Å². The van der Waals surface area contributed by atoms with Gasteiger partial charge in [-0.1, -0.05) is 86.3 Å². The van der Waals surface area contributed by atoms with Gasteiger partial charge >= 0.3 is 29.9 Å². The van der Waals surface area contributed by atoms with Crippen LogP contribution in [0.15, 0.2) is 60.7 Å². The number of nitrogens with one attached hydrogen (secondary N) is 5. The summed E-state index contributed by atoms with van der Waals surface area (Å²) in [4.78, 5) is 152. The van der Waals surface area contributed by atoms with Crippen LogP contribution in [0.2, 0.25) is 0 Å². The summed E-state index contributed by atoms with van der Waals surface area (Å²) in [6.07, 6.45) is 0.919. The number of unbranched alkanes of at least 4 members (excludes halogenated alkanes) is 5. The van der Waals surface area contributed by atoms with E-state index in [1.807, 2.05) is 12.1 Å². The zero-order valence-corrected chi connectivity index (χ0v) is 44.5. The number of aliphatic carboxylic acids is 4. The van der Waals surface area contributed by atoms with Crippen LogP contribution in [0.4, 0.5) is 4.79 Å². The summed E-state index contributed by atoms with van der Waals surface area (Å²) in [5, 5.41) is 50.3. The fourth-order valence-corrected chi connectivity index (χ4v) is 8.52. The van der Waals surface area contributed by atoms with E-state index in [2.05, 4.69) is 43.9 Å². The molecular formula is C52H73N7O17S. The van der Waals surface area contributed by atoms with Gasteiger partial charge in [0.1, 0.15) is 30.0 Å². The Kier molecular flexibility index (Phi) is 30.5. The molecule has 424 valence electrons. The topological polar surface area (TPSA) is 362 Å². The van der Waals surface area contributed by atoms with Crippen LogP contribution in [0.25, 0.3) is 0 Å². The SMILES string of the molecule is CN[C@@H](CNC(=O)[C@@H](CC(=O)[C@H](Cc1ccccc1)NC(=O)CCCCCCCCC(=O)CC[C@H](NC(=O)N[C@@H](CCC(=O)O)OC=O)C(=O)O)Cc1ccccc1)C(=O)N(C)C(CC(=O)O)C(=O)N(C)[C@@H](CS)C(=O)O. The molecule has 24 nitrogen and oxygen atoms in total. The van der Waals surface area contributed by atoms with Crippen molar-refractivity contribution in [1.29, 1.82) is 0 Å². The maximum absolute atomic E-state index is 14.2. The number of carboxylic acid groups (broad SMARTS) is 4. The van der Waals surface area contributed by atoms with Crippen molar-refractivity contribution in [3.05, 3.63) is 71.8 Å². The fourth-order valence-electron chi connectivity index (χ4n) is 8.12. The summed E-state index contributed by atoms with van der Waals surface area (Å²) in [7, 11) is 3.78. The number of hydrogen-bond donors (Lipinski definition) is 10. The maximum atomic E-state index is 14.2. The molecule has 0 saturated carbocycles. The van der Waals surface area contributed by atoms with Gasteiger partial charge in [-0.2, -0.15) is 12.6 Å². The average Bonchev–Trinajstić information content (AvgIpc) is 3.38. The highest BCUT2D eigenvalue weighted by atomic mass is 32.1. The number of benzene rings is 2.